The number of urea groups is 1. The van der Waals surface area contributed by atoms with Gasteiger partial charge in [0.1, 0.15) is 12.4 Å². The molecule has 33 heavy (non-hydrogen) atoms. The maximum atomic E-state index is 13.2. The van der Waals surface area contributed by atoms with Gasteiger partial charge < -0.3 is 24.2 Å². The lowest BCUT2D eigenvalue weighted by atomic mass is 9.97. The molecule has 2 aromatic heterocycles. The largest absolute Gasteiger partial charge is 0.468 e. The van der Waals surface area contributed by atoms with E-state index >= 15 is 0 Å². The molecule has 11 nitrogen and oxygen atoms in total. The van der Waals surface area contributed by atoms with Gasteiger partial charge in [0.15, 0.2) is 5.13 Å². The van der Waals surface area contributed by atoms with Crippen LogP contribution in [0.3, 0.4) is 0 Å². The van der Waals surface area contributed by atoms with E-state index in [1.807, 2.05) is 4.90 Å². The van der Waals surface area contributed by atoms with E-state index in [1.54, 1.807) is 12.1 Å². The van der Waals surface area contributed by atoms with Crippen LogP contribution in [-0.4, -0.2) is 60.0 Å². The van der Waals surface area contributed by atoms with Crippen LogP contribution in [0.15, 0.2) is 28.8 Å². The zero-order valence-corrected chi connectivity index (χ0v) is 18.2. The minimum atomic E-state index is -0.552. The predicted molar refractivity (Wildman–Crippen MR) is 114 cm³/mol. The van der Waals surface area contributed by atoms with E-state index in [-0.39, 0.29) is 24.4 Å². The van der Waals surface area contributed by atoms with E-state index < -0.39 is 12.0 Å². The van der Waals surface area contributed by atoms with Gasteiger partial charge in [0.2, 0.25) is 5.82 Å². The van der Waals surface area contributed by atoms with E-state index in [0.29, 0.717) is 42.2 Å². The maximum Gasteiger partial charge on any atom is 0.325 e. The van der Waals surface area contributed by atoms with Gasteiger partial charge in [-0.2, -0.15) is 4.98 Å². The lowest BCUT2D eigenvalue weighted by molar-refractivity contribution is -0.139. The first-order valence-corrected chi connectivity index (χ1v) is 10.9. The number of hydrogen-bond acceptors (Lipinski definition) is 10. The van der Waals surface area contributed by atoms with Gasteiger partial charge in [-0.25, -0.2) is 14.2 Å². The fourth-order valence-corrected chi connectivity index (χ4v) is 4.90. The summed E-state index contributed by atoms with van der Waals surface area (Å²) in [7, 11) is 1.24. The lowest BCUT2D eigenvalue weighted by Crippen LogP contribution is -2.51. The van der Waals surface area contributed by atoms with Crippen molar-refractivity contribution in [1.29, 1.82) is 0 Å². The van der Waals surface area contributed by atoms with E-state index in [9.17, 15) is 14.0 Å². The molecule has 2 aliphatic rings. The molecule has 3 aromatic rings. The van der Waals surface area contributed by atoms with Crippen LogP contribution in [0.2, 0.25) is 0 Å². The van der Waals surface area contributed by atoms with E-state index in [0.717, 1.165) is 10.6 Å². The molecule has 2 N–H and O–H groups in total. The summed E-state index contributed by atoms with van der Waals surface area (Å²) in [5.74, 6) is -0.528. The highest BCUT2D eigenvalue weighted by Gasteiger charge is 2.43. The van der Waals surface area contributed by atoms with Crippen molar-refractivity contribution in [2.75, 3.05) is 37.1 Å². The summed E-state index contributed by atoms with van der Waals surface area (Å²) < 4.78 is 29.1. The number of carbonyl (C=O) groups excluding carboxylic acids is 2. The van der Waals surface area contributed by atoms with Crippen molar-refractivity contribution in [3.05, 3.63) is 40.7 Å². The van der Waals surface area contributed by atoms with Crippen molar-refractivity contribution in [3.8, 4) is 11.4 Å². The zero-order valence-electron chi connectivity index (χ0n) is 17.4. The third-order valence-corrected chi connectivity index (χ3v) is 6.47. The Morgan fingerprint density at radius 2 is 2.09 bits per heavy atom. The van der Waals surface area contributed by atoms with Gasteiger partial charge in [0.05, 0.1) is 43.0 Å². The number of aromatic nitrogens is 3. The topological polar surface area (TPSA) is 132 Å². The Balaban J connectivity index is 1.35. The summed E-state index contributed by atoms with van der Waals surface area (Å²) in [5.41, 5.74) is 1.52. The summed E-state index contributed by atoms with van der Waals surface area (Å²) in [6.07, 6.45) is 0.571. The molecule has 2 bridgehead atoms. The monoisotopic (exact) mass is 474 g/mol. The fourth-order valence-electron chi connectivity index (χ4n) is 3.83. The molecule has 4 heterocycles. The number of methoxy groups -OCH3 is 1. The number of thiazole rings is 1. The fraction of sp³-hybridized carbons (Fsp3) is 0.350. The number of amides is 2. The summed E-state index contributed by atoms with van der Waals surface area (Å²) in [6, 6.07) is 5.38. The third kappa shape index (κ3) is 4.24. The van der Waals surface area contributed by atoms with Crippen molar-refractivity contribution < 1.29 is 28.0 Å². The number of esters is 1. The first-order chi connectivity index (χ1) is 16.0. The SMILES string of the molecule is COC(=O)CNC(=O)Nc1nc2c(s1)[C@@H]1COC[C@H](C2)N1c1nc(-c2ccc(F)cc2)no1. The van der Waals surface area contributed by atoms with Crippen molar-refractivity contribution in [1.82, 2.24) is 20.4 Å². The minimum absolute atomic E-state index is 0.0686. The summed E-state index contributed by atoms with van der Waals surface area (Å²) >= 11 is 1.32. The molecule has 1 aromatic carbocycles. The van der Waals surface area contributed by atoms with Gasteiger partial charge in [0, 0.05) is 12.0 Å². The average molecular weight is 474 g/mol. The molecule has 5 rings (SSSR count). The number of rotatable bonds is 5. The van der Waals surface area contributed by atoms with Crippen LogP contribution in [0.25, 0.3) is 11.4 Å². The zero-order chi connectivity index (χ0) is 22.9. The maximum absolute atomic E-state index is 13.2. The Labute approximate surface area is 190 Å². The number of anilines is 2. The Morgan fingerprint density at radius 3 is 2.88 bits per heavy atom. The molecular formula is C20H19FN6O5S. The second kappa shape index (κ2) is 8.75. The Bertz CT molecular complexity index is 1180. The molecule has 172 valence electrons. The number of hydrogen-bond donors (Lipinski definition) is 2. The van der Waals surface area contributed by atoms with Crippen LogP contribution in [0.1, 0.15) is 16.6 Å². The van der Waals surface area contributed by atoms with Crippen molar-refractivity contribution in [2.24, 2.45) is 0 Å². The van der Waals surface area contributed by atoms with Gasteiger partial charge in [-0.15, -0.1) is 0 Å². The number of nitrogens with zero attached hydrogens (tertiary/aromatic N) is 4. The smallest absolute Gasteiger partial charge is 0.325 e. The van der Waals surface area contributed by atoms with Gasteiger partial charge in [-0.1, -0.05) is 16.5 Å². The Morgan fingerprint density at radius 1 is 1.27 bits per heavy atom. The van der Waals surface area contributed by atoms with Crippen LogP contribution < -0.4 is 15.5 Å². The summed E-state index contributed by atoms with van der Waals surface area (Å²) in [4.78, 5) is 35.3. The standard InChI is InChI=1S/C20H19FN6O5S/c1-30-15(28)7-22-18(29)25-19-23-13-6-12-8-31-9-14(16(13)33-19)27(12)20-24-17(26-32-20)10-2-4-11(21)5-3-10/h2-5,12,14H,6-9H2,1H3,(H2,22,23,25,29)/t12-,14-/m0/s1. The van der Waals surface area contributed by atoms with Crippen LogP contribution >= 0.6 is 11.3 Å². The van der Waals surface area contributed by atoms with Gasteiger partial charge >= 0.3 is 18.0 Å². The molecule has 0 radical (unpaired) electrons. The number of fused-ring (bicyclic) bond motifs is 4. The number of nitrogens with one attached hydrogen (secondary N) is 2. The molecular weight excluding hydrogens is 455 g/mol. The van der Waals surface area contributed by atoms with Gasteiger partial charge in [-0.3, -0.25) is 10.1 Å². The van der Waals surface area contributed by atoms with Gasteiger partial charge in [0.25, 0.3) is 0 Å². The van der Waals surface area contributed by atoms with Crippen molar-refractivity contribution in [2.45, 2.75) is 18.5 Å². The van der Waals surface area contributed by atoms with E-state index in [1.165, 1.54) is 30.6 Å². The highest BCUT2D eigenvalue weighted by Crippen LogP contribution is 2.43. The summed E-state index contributed by atoms with van der Waals surface area (Å²) in [6.45, 7) is 0.616. The van der Waals surface area contributed by atoms with E-state index in [4.69, 9.17) is 9.26 Å². The quantitative estimate of drug-likeness (QED) is 0.534. The number of ether oxygens (including phenoxy) is 2. The van der Waals surface area contributed by atoms with Gasteiger partial charge in [-0.05, 0) is 24.3 Å². The molecule has 13 heteroatoms. The minimum Gasteiger partial charge on any atom is -0.468 e. The Kier molecular flexibility index (Phi) is 5.64. The molecule has 0 aliphatic carbocycles. The molecule has 0 spiro atoms. The number of carbonyl (C=O) groups is 2. The molecule has 2 aliphatic heterocycles. The first-order valence-electron chi connectivity index (χ1n) is 10.1. The molecule has 2 amide bonds. The highest BCUT2D eigenvalue weighted by molar-refractivity contribution is 7.16. The number of halogens is 1. The molecule has 2 atom stereocenters. The van der Waals surface area contributed by atoms with Crippen LogP contribution in [-0.2, 0) is 20.7 Å². The van der Waals surface area contributed by atoms with Crippen molar-refractivity contribution >= 4 is 34.5 Å². The second-order valence-corrected chi connectivity index (χ2v) is 8.47. The molecule has 0 saturated carbocycles. The second-order valence-electron chi connectivity index (χ2n) is 7.44. The molecule has 1 fully saturated rings. The lowest BCUT2D eigenvalue weighted by Gasteiger charge is -2.43. The predicted octanol–water partition coefficient (Wildman–Crippen LogP) is 2.13. The van der Waals surface area contributed by atoms with Crippen molar-refractivity contribution in [3.63, 3.8) is 0 Å². The van der Waals surface area contributed by atoms with Crippen LogP contribution in [0, 0.1) is 5.82 Å². The Hall–Kier alpha value is -3.58. The summed E-state index contributed by atoms with van der Waals surface area (Å²) in [5, 5.41) is 9.53. The third-order valence-electron chi connectivity index (χ3n) is 5.35. The first kappa shape index (κ1) is 21.3. The van der Waals surface area contributed by atoms with Crippen LogP contribution in [0.4, 0.5) is 20.3 Å². The average Bonchev–Trinajstić information content (AvgIpc) is 3.45. The molecule has 0 unspecified atom stereocenters. The molecule has 1 saturated heterocycles. The van der Waals surface area contributed by atoms with Crippen LogP contribution in [0.5, 0.6) is 0 Å². The normalized spacial score (nSPS) is 19.0. The highest BCUT2D eigenvalue weighted by atomic mass is 32.1. The number of morpholine rings is 1. The van der Waals surface area contributed by atoms with E-state index in [2.05, 4.69) is 30.5 Å². The number of benzene rings is 1.